The minimum absolute atomic E-state index is 0.0891. The monoisotopic (exact) mass is 480 g/mol. The first-order chi connectivity index (χ1) is 15.0. The average Bonchev–Trinajstić information content (AvgIpc) is 2.75. The molecule has 1 amide bonds. The van der Waals surface area contributed by atoms with Crippen LogP contribution in [-0.2, 0) is 24.8 Å². The molecule has 1 N–H and O–H groups in total. The molecule has 0 unspecified atom stereocenters. The van der Waals surface area contributed by atoms with Gasteiger partial charge in [-0.3, -0.25) is 4.79 Å². The van der Waals surface area contributed by atoms with E-state index in [0.717, 1.165) is 4.31 Å². The first-order valence-electron chi connectivity index (χ1n) is 10.1. The molecule has 1 heterocycles. The number of nitrogens with zero attached hydrogens (tertiary/aromatic N) is 3. The molecule has 0 aromatic heterocycles. The third-order valence-electron chi connectivity index (χ3n) is 5.37. The zero-order valence-corrected chi connectivity index (χ0v) is 20.0. The minimum Gasteiger partial charge on any atom is -0.325 e. The molecular formula is C21H28N4O5S2. The number of piperazine rings is 1. The summed E-state index contributed by atoms with van der Waals surface area (Å²) in [7, 11) is -4.26. The molecule has 2 aromatic rings. The van der Waals surface area contributed by atoms with Gasteiger partial charge in [-0.1, -0.05) is 24.3 Å². The molecule has 0 spiro atoms. The number of aryl methyl sites for hydroxylation is 1. The highest BCUT2D eigenvalue weighted by atomic mass is 32.2. The van der Waals surface area contributed by atoms with Crippen LogP contribution in [0.15, 0.2) is 58.3 Å². The van der Waals surface area contributed by atoms with Gasteiger partial charge in [-0.2, -0.15) is 8.61 Å². The van der Waals surface area contributed by atoms with Gasteiger partial charge in [0.15, 0.2) is 0 Å². The van der Waals surface area contributed by atoms with Crippen LogP contribution >= 0.6 is 0 Å². The maximum Gasteiger partial charge on any atom is 0.243 e. The molecule has 1 fully saturated rings. The fraction of sp³-hybridized carbons (Fsp3) is 0.381. The Labute approximate surface area is 189 Å². The first kappa shape index (κ1) is 24.3. The Balaban J connectivity index is 1.74. The second-order valence-corrected chi connectivity index (χ2v) is 11.8. The van der Waals surface area contributed by atoms with Crippen molar-refractivity contribution in [3.05, 3.63) is 54.1 Å². The maximum absolute atomic E-state index is 13.1. The molecular weight excluding hydrogens is 452 g/mol. The lowest BCUT2D eigenvalue weighted by molar-refractivity contribution is -0.116. The van der Waals surface area contributed by atoms with Crippen LogP contribution < -0.4 is 5.32 Å². The summed E-state index contributed by atoms with van der Waals surface area (Å²) in [5.74, 6) is -0.571. The topological polar surface area (TPSA) is 107 Å². The van der Waals surface area contributed by atoms with E-state index in [0.29, 0.717) is 37.4 Å². The van der Waals surface area contributed by atoms with E-state index in [4.69, 9.17) is 0 Å². The van der Waals surface area contributed by atoms with Gasteiger partial charge in [0.2, 0.25) is 26.0 Å². The van der Waals surface area contributed by atoms with Crippen LogP contribution in [-0.4, -0.2) is 83.1 Å². The second-order valence-electron chi connectivity index (χ2n) is 7.81. The SMILES string of the molecule is Cc1ccc(NC(=O)CN(C)S(=O)(=O)c2ccccc2)cc1S(=O)(=O)N1CCN(C)CC1. The van der Waals surface area contributed by atoms with Crippen molar-refractivity contribution in [2.75, 3.05) is 52.1 Å². The van der Waals surface area contributed by atoms with E-state index >= 15 is 0 Å². The number of nitrogens with one attached hydrogen (secondary N) is 1. The summed E-state index contributed by atoms with van der Waals surface area (Å²) in [4.78, 5) is 14.8. The molecule has 9 nitrogen and oxygen atoms in total. The highest BCUT2D eigenvalue weighted by Crippen LogP contribution is 2.24. The van der Waals surface area contributed by atoms with Gasteiger partial charge in [0, 0.05) is 38.9 Å². The molecule has 1 saturated heterocycles. The van der Waals surface area contributed by atoms with Crippen molar-refractivity contribution in [2.45, 2.75) is 16.7 Å². The van der Waals surface area contributed by atoms with Crippen molar-refractivity contribution in [3.63, 3.8) is 0 Å². The number of amides is 1. The Morgan fingerprint density at radius 2 is 1.62 bits per heavy atom. The minimum atomic E-state index is -3.82. The number of benzene rings is 2. The summed E-state index contributed by atoms with van der Waals surface area (Å²) < 4.78 is 53.9. The third-order valence-corrected chi connectivity index (χ3v) is 9.23. The van der Waals surface area contributed by atoms with Gasteiger partial charge in [-0.05, 0) is 43.8 Å². The quantitative estimate of drug-likeness (QED) is 0.638. The van der Waals surface area contributed by atoms with Gasteiger partial charge >= 0.3 is 0 Å². The van der Waals surface area contributed by atoms with E-state index < -0.39 is 32.5 Å². The summed E-state index contributed by atoms with van der Waals surface area (Å²) in [5, 5.41) is 2.61. The van der Waals surface area contributed by atoms with E-state index in [-0.39, 0.29) is 9.79 Å². The molecule has 0 saturated carbocycles. The second kappa shape index (κ2) is 9.67. The number of carbonyl (C=O) groups is 1. The number of sulfonamides is 2. The number of hydrogen-bond donors (Lipinski definition) is 1. The summed E-state index contributed by atoms with van der Waals surface area (Å²) in [6.45, 7) is 3.39. The van der Waals surface area contributed by atoms with Crippen LogP contribution in [0.3, 0.4) is 0 Å². The fourth-order valence-electron chi connectivity index (χ4n) is 3.38. The Hall–Kier alpha value is -2.31. The molecule has 0 bridgehead atoms. The zero-order chi connectivity index (χ0) is 23.5. The van der Waals surface area contributed by atoms with Gasteiger partial charge < -0.3 is 10.2 Å². The average molecular weight is 481 g/mol. The standard InChI is InChI=1S/C21H28N4O5S2/c1-17-9-10-18(15-20(17)32(29,30)25-13-11-23(2)12-14-25)22-21(26)16-24(3)31(27,28)19-7-5-4-6-8-19/h4-10,15H,11-14,16H2,1-3H3,(H,22,26). The number of likely N-dealkylation sites (N-methyl/N-ethyl adjacent to an activating group) is 2. The number of rotatable bonds is 7. The normalized spacial score (nSPS) is 16.2. The van der Waals surface area contributed by atoms with Crippen LogP contribution in [0.1, 0.15) is 5.56 Å². The van der Waals surface area contributed by atoms with Crippen molar-refractivity contribution in [3.8, 4) is 0 Å². The lowest BCUT2D eigenvalue weighted by Gasteiger charge is -2.32. The van der Waals surface area contributed by atoms with Gasteiger partial charge in [-0.15, -0.1) is 0 Å². The van der Waals surface area contributed by atoms with Crippen LogP contribution in [0, 0.1) is 6.92 Å². The van der Waals surface area contributed by atoms with Gasteiger partial charge in [0.1, 0.15) is 0 Å². The highest BCUT2D eigenvalue weighted by Gasteiger charge is 2.29. The molecule has 1 aliphatic rings. The molecule has 0 atom stereocenters. The molecule has 0 aliphatic carbocycles. The first-order valence-corrected chi connectivity index (χ1v) is 13.0. The van der Waals surface area contributed by atoms with E-state index in [2.05, 4.69) is 10.2 Å². The molecule has 3 rings (SSSR count). The number of hydrogen-bond acceptors (Lipinski definition) is 6. The number of carbonyl (C=O) groups excluding carboxylic acids is 1. The highest BCUT2D eigenvalue weighted by molar-refractivity contribution is 7.89. The predicted octanol–water partition coefficient (Wildman–Crippen LogP) is 1.19. The van der Waals surface area contributed by atoms with E-state index in [1.54, 1.807) is 37.3 Å². The van der Waals surface area contributed by atoms with Crippen LogP contribution in [0.2, 0.25) is 0 Å². The number of anilines is 1. The summed E-state index contributed by atoms with van der Waals surface area (Å²) >= 11 is 0. The lowest BCUT2D eigenvalue weighted by atomic mass is 10.2. The molecule has 1 aliphatic heterocycles. The zero-order valence-electron chi connectivity index (χ0n) is 18.4. The van der Waals surface area contributed by atoms with Crippen molar-refractivity contribution in [2.24, 2.45) is 0 Å². The fourth-order valence-corrected chi connectivity index (χ4v) is 6.20. The summed E-state index contributed by atoms with van der Waals surface area (Å²) in [6, 6.07) is 12.5. The largest absolute Gasteiger partial charge is 0.325 e. The van der Waals surface area contributed by atoms with Gasteiger partial charge in [0.25, 0.3) is 0 Å². The molecule has 0 radical (unpaired) electrons. The Morgan fingerprint density at radius 1 is 1.00 bits per heavy atom. The van der Waals surface area contributed by atoms with Crippen molar-refractivity contribution in [1.29, 1.82) is 0 Å². The van der Waals surface area contributed by atoms with Crippen LogP contribution in [0.5, 0.6) is 0 Å². The lowest BCUT2D eigenvalue weighted by Crippen LogP contribution is -2.47. The van der Waals surface area contributed by atoms with E-state index in [9.17, 15) is 21.6 Å². The third kappa shape index (κ3) is 5.36. The molecule has 174 valence electrons. The molecule has 32 heavy (non-hydrogen) atoms. The maximum atomic E-state index is 13.1. The van der Waals surface area contributed by atoms with Crippen molar-refractivity contribution < 1.29 is 21.6 Å². The van der Waals surface area contributed by atoms with E-state index in [1.807, 2.05) is 7.05 Å². The molecule has 2 aromatic carbocycles. The predicted molar refractivity (Wildman–Crippen MR) is 122 cm³/mol. The smallest absolute Gasteiger partial charge is 0.243 e. The van der Waals surface area contributed by atoms with Crippen LogP contribution in [0.25, 0.3) is 0 Å². The van der Waals surface area contributed by atoms with Crippen molar-refractivity contribution in [1.82, 2.24) is 13.5 Å². The Bertz CT molecular complexity index is 1180. The van der Waals surface area contributed by atoms with E-state index in [1.165, 1.54) is 29.6 Å². The Kier molecular flexibility index (Phi) is 7.36. The molecule has 11 heteroatoms. The Morgan fingerprint density at radius 3 is 2.25 bits per heavy atom. The summed E-state index contributed by atoms with van der Waals surface area (Å²) in [5.41, 5.74) is 0.865. The van der Waals surface area contributed by atoms with Gasteiger partial charge in [-0.25, -0.2) is 16.8 Å². The van der Waals surface area contributed by atoms with Crippen LogP contribution in [0.4, 0.5) is 5.69 Å². The van der Waals surface area contributed by atoms with Crippen molar-refractivity contribution >= 4 is 31.6 Å². The van der Waals surface area contributed by atoms with Gasteiger partial charge in [0.05, 0.1) is 16.3 Å². The summed E-state index contributed by atoms with van der Waals surface area (Å²) in [6.07, 6.45) is 0.